The zero-order valence-corrected chi connectivity index (χ0v) is 11.9. The van der Waals surface area contributed by atoms with Crippen molar-refractivity contribution in [1.29, 1.82) is 0 Å². The van der Waals surface area contributed by atoms with Crippen molar-refractivity contribution in [2.45, 2.75) is 43.9 Å². The lowest BCUT2D eigenvalue weighted by atomic mass is 9.91. The summed E-state index contributed by atoms with van der Waals surface area (Å²) >= 11 is 0. The summed E-state index contributed by atoms with van der Waals surface area (Å²) in [6.45, 7) is 1.06. The van der Waals surface area contributed by atoms with Crippen LogP contribution in [0.3, 0.4) is 0 Å². The van der Waals surface area contributed by atoms with E-state index in [1.807, 2.05) is 5.32 Å². The average Bonchev–Trinajstić information content (AvgIpc) is 2.45. The highest BCUT2D eigenvalue weighted by molar-refractivity contribution is 6.01. The Bertz CT molecular complexity index is 414. The molecule has 2 fully saturated rings. The quantitative estimate of drug-likeness (QED) is 0.737. The molecule has 0 aromatic heterocycles. The Kier molecular flexibility index (Phi) is 4.75. The number of hydrogen-bond acceptors (Lipinski definition) is 3. The highest BCUT2D eigenvalue weighted by Gasteiger charge is 2.46. The van der Waals surface area contributed by atoms with Gasteiger partial charge in [0.25, 0.3) is 0 Å². The largest absolute Gasteiger partial charge is 0.408 e. The van der Waals surface area contributed by atoms with E-state index in [0.29, 0.717) is 13.1 Å². The normalized spacial score (nSPS) is 31.0. The van der Waals surface area contributed by atoms with Crippen molar-refractivity contribution >= 4 is 11.8 Å². The molecule has 21 heavy (non-hydrogen) atoms. The van der Waals surface area contributed by atoms with Crippen molar-refractivity contribution in [1.82, 2.24) is 15.5 Å². The molecule has 0 saturated carbocycles. The second-order valence-corrected chi connectivity index (χ2v) is 5.64. The minimum atomic E-state index is -4.45. The van der Waals surface area contributed by atoms with Gasteiger partial charge >= 0.3 is 6.18 Å². The second kappa shape index (κ2) is 6.21. The van der Waals surface area contributed by atoms with E-state index >= 15 is 0 Å². The molecule has 0 spiro atoms. The van der Waals surface area contributed by atoms with Crippen molar-refractivity contribution in [2.24, 2.45) is 5.92 Å². The highest BCUT2D eigenvalue weighted by atomic mass is 19.4. The average molecular weight is 307 g/mol. The number of amides is 2. The molecule has 5 nitrogen and oxygen atoms in total. The molecule has 2 amide bonds. The number of halogens is 3. The van der Waals surface area contributed by atoms with Gasteiger partial charge in [-0.3, -0.25) is 9.59 Å². The molecule has 0 aliphatic carbocycles. The summed E-state index contributed by atoms with van der Waals surface area (Å²) in [5.41, 5.74) is 0. The van der Waals surface area contributed by atoms with E-state index < -0.39 is 24.0 Å². The Labute approximate surface area is 121 Å². The molecule has 2 aliphatic rings. The van der Waals surface area contributed by atoms with Gasteiger partial charge in [0.15, 0.2) is 0 Å². The Balaban J connectivity index is 1.96. The summed E-state index contributed by atoms with van der Waals surface area (Å²) in [5.74, 6) is -2.15. The van der Waals surface area contributed by atoms with Crippen LogP contribution in [-0.4, -0.2) is 55.1 Å². The first-order valence-electron chi connectivity index (χ1n) is 7.16. The van der Waals surface area contributed by atoms with E-state index in [1.165, 1.54) is 0 Å². The molecule has 3 atom stereocenters. The third-order valence-electron chi connectivity index (χ3n) is 4.21. The first-order valence-corrected chi connectivity index (χ1v) is 7.16. The van der Waals surface area contributed by atoms with Gasteiger partial charge in [0.1, 0.15) is 12.0 Å². The molecule has 0 unspecified atom stereocenters. The van der Waals surface area contributed by atoms with Gasteiger partial charge in [0.2, 0.25) is 11.8 Å². The predicted octanol–water partition coefficient (Wildman–Crippen LogP) is 0.654. The SMILES string of the molecule is CN[C@@H]1CCCN(C(=O)[C@@H]2CC[C@H](C(F)(F)F)NC2=O)C1. The van der Waals surface area contributed by atoms with Crippen LogP contribution in [0.1, 0.15) is 25.7 Å². The molecular weight excluding hydrogens is 287 g/mol. The summed E-state index contributed by atoms with van der Waals surface area (Å²) in [6.07, 6.45) is -2.96. The van der Waals surface area contributed by atoms with Gasteiger partial charge in [0.05, 0.1) is 0 Å². The Morgan fingerprint density at radius 2 is 2.05 bits per heavy atom. The van der Waals surface area contributed by atoms with Gasteiger partial charge < -0.3 is 15.5 Å². The lowest BCUT2D eigenvalue weighted by Gasteiger charge is -2.36. The Morgan fingerprint density at radius 1 is 1.33 bits per heavy atom. The molecule has 0 radical (unpaired) electrons. The first kappa shape index (κ1) is 16.1. The molecule has 0 bridgehead atoms. The fourth-order valence-corrected chi connectivity index (χ4v) is 2.92. The van der Waals surface area contributed by atoms with Crippen LogP contribution in [-0.2, 0) is 9.59 Å². The summed E-state index contributed by atoms with van der Waals surface area (Å²) in [6, 6.07) is -1.65. The van der Waals surface area contributed by atoms with Crippen LogP contribution in [0.2, 0.25) is 0 Å². The number of rotatable bonds is 2. The standard InChI is InChI=1S/C13H20F3N3O2/c1-17-8-3-2-6-19(7-8)12(21)9-4-5-10(13(14,15)16)18-11(9)20/h8-10,17H,2-7H2,1H3,(H,18,20)/t8-,9-,10-/m1/s1. The van der Waals surface area contributed by atoms with Crippen LogP contribution in [0.5, 0.6) is 0 Å². The fraction of sp³-hybridized carbons (Fsp3) is 0.846. The number of nitrogens with zero attached hydrogens (tertiary/aromatic N) is 1. The molecule has 8 heteroatoms. The zero-order valence-electron chi connectivity index (χ0n) is 11.9. The Morgan fingerprint density at radius 3 is 2.62 bits per heavy atom. The topological polar surface area (TPSA) is 61.4 Å². The van der Waals surface area contributed by atoms with E-state index in [-0.39, 0.29) is 24.8 Å². The van der Waals surface area contributed by atoms with E-state index in [4.69, 9.17) is 0 Å². The van der Waals surface area contributed by atoms with Crippen molar-refractivity contribution in [2.75, 3.05) is 20.1 Å². The van der Waals surface area contributed by atoms with Gasteiger partial charge in [-0.05, 0) is 32.7 Å². The predicted molar refractivity (Wildman–Crippen MR) is 69.4 cm³/mol. The van der Waals surface area contributed by atoms with Gasteiger partial charge in [0, 0.05) is 19.1 Å². The summed E-state index contributed by atoms with van der Waals surface area (Å²) < 4.78 is 37.7. The van der Waals surface area contributed by atoms with Crippen LogP contribution in [0, 0.1) is 5.92 Å². The van der Waals surface area contributed by atoms with Crippen molar-refractivity contribution in [3.63, 3.8) is 0 Å². The number of nitrogens with one attached hydrogen (secondary N) is 2. The third-order valence-corrected chi connectivity index (χ3v) is 4.21. The molecule has 2 N–H and O–H groups in total. The van der Waals surface area contributed by atoms with Gasteiger partial charge in [-0.2, -0.15) is 13.2 Å². The number of likely N-dealkylation sites (tertiary alicyclic amines) is 1. The maximum absolute atomic E-state index is 12.6. The summed E-state index contributed by atoms with van der Waals surface area (Å²) in [4.78, 5) is 25.7. The molecule has 2 saturated heterocycles. The lowest BCUT2D eigenvalue weighted by Crippen LogP contribution is -2.56. The van der Waals surface area contributed by atoms with Gasteiger partial charge in [-0.1, -0.05) is 0 Å². The van der Waals surface area contributed by atoms with Crippen LogP contribution >= 0.6 is 0 Å². The molecule has 0 aromatic rings. The van der Waals surface area contributed by atoms with Crippen LogP contribution in [0.15, 0.2) is 0 Å². The molecule has 0 aromatic carbocycles. The first-order chi connectivity index (χ1) is 9.82. The fourth-order valence-electron chi connectivity index (χ4n) is 2.92. The van der Waals surface area contributed by atoms with Crippen molar-refractivity contribution in [3.8, 4) is 0 Å². The number of carbonyl (C=O) groups is 2. The van der Waals surface area contributed by atoms with E-state index in [1.54, 1.807) is 11.9 Å². The lowest BCUT2D eigenvalue weighted by molar-refractivity contribution is -0.172. The van der Waals surface area contributed by atoms with Gasteiger partial charge in [-0.25, -0.2) is 0 Å². The third kappa shape index (κ3) is 3.66. The molecule has 2 aliphatic heterocycles. The highest BCUT2D eigenvalue weighted by Crippen LogP contribution is 2.29. The zero-order chi connectivity index (χ0) is 15.6. The number of piperidine rings is 2. The maximum atomic E-state index is 12.6. The minimum Gasteiger partial charge on any atom is -0.344 e. The van der Waals surface area contributed by atoms with Crippen molar-refractivity contribution in [3.05, 3.63) is 0 Å². The molecular formula is C13H20F3N3O2. The van der Waals surface area contributed by atoms with Crippen LogP contribution in [0.4, 0.5) is 13.2 Å². The smallest absolute Gasteiger partial charge is 0.344 e. The monoisotopic (exact) mass is 307 g/mol. The number of alkyl halides is 3. The molecule has 2 heterocycles. The molecule has 2 rings (SSSR count). The summed E-state index contributed by atoms with van der Waals surface area (Å²) in [5, 5.41) is 5.01. The van der Waals surface area contributed by atoms with E-state index in [9.17, 15) is 22.8 Å². The van der Waals surface area contributed by atoms with Gasteiger partial charge in [-0.15, -0.1) is 0 Å². The Hall–Kier alpha value is -1.31. The maximum Gasteiger partial charge on any atom is 0.408 e. The van der Waals surface area contributed by atoms with Crippen LogP contribution in [0.25, 0.3) is 0 Å². The van der Waals surface area contributed by atoms with E-state index in [0.717, 1.165) is 12.8 Å². The van der Waals surface area contributed by atoms with Crippen LogP contribution < -0.4 is 10.6 Å². The second-order valence-electron chi connectivity index (χ2n) is 5.64. The van der Waals surface area contributed by atoms with Crippen molar-refractivity contribution < 1.29 is 22.8 Å². The number of carbonyl (C=O) groups excluding carboxylic acids is 2. The summed E-state index contributed by atoms with van der Waals surface area (Å²) in [7, 11) is 1.81. The number of hydrogen-bond donors (Lipinski definition) is 2. The van der Waals surface area contributed by atoms with E-state index in [2.05, 4.69) is 5.32 Å². The minimum absolute atomic E-state index is 0.0461. The molecule has 120 valence electrons. The number of likely N-dealkylation sites (N-methyl/N-ethyl adjacent to an activating group) is 1.